The molecule has 2 unspecified atom stereocenters. The highest BCUT2D eigenvalue weighted by molar-refractivity contribution is 8.18. The van der Waals surface area contributed by atoms with Gasteiger partial charge in [-0.05, 0) is 0 Å². The van der Waals surface area contributed by atoms with Crippen molar-refractivity contribution in [1.29, 1.82) is 0 Å². The van der Waals surface area contributed by atoms with Crippen molar-refractivity contribution in [2.75, 3.05) is 0 Å². The van der Waals surface area contributed by atoms with E-state index in [0.29, 0.717) is 0 Å². The van der Waals surface area contributed by atoms with Crippen LogP contribution in [0.1, 0.15) is 0 Å². The van der Waals surface area contributed by atoms with Gasteiger partial charge in [0.15, 0.2) is 0 Å². The van der Waals surface area contributed by atoms with Crippen LogP contribution in [0.15, 0.2) is 0 Å². The quantitative estimate of drug-likeness (QED) is 0.252. The highest BCUT2D eigenvalue weighted by atomic mass is 32.2. The van der Waals surface area contributed by atoms with Crippen molar-refractivity contribution < 1.29 is 8.76 Å². The first-order valence-electron chi connectivity index (χ1n) is 0.902. The molecule has 0 aliphatic carbocycles. The minimum Gasteiger partial charge on any atom is -0.782 e. The zero-order valence-corrected chi connectivity index (χ0v) is 4.35. The average molecular weight is 108 g/mol. The van der Waals surface area contributed by atoms with Crippen LogP contribution >= 0.6 is 9.12 Å². The molecule has 1 radical (unpaired) electrons. The zero-order chi connectivity index (χ0) is 4.28. The summed E-state index contributed by atoms with van der Waals surface area (Å²) in [5, 5.41) is 0. The Labute approximate surface area is 35.9 Å². The summed E-state index contributed by atoms with van der Waals surface area (Å²) < 4.78 is 18.6. The second kappa shape index (κ2) is 2.82. The van der Waals surface area contributed by atoms with Gasteiger partial charge in [0, 0.05) is 0 Å². The number of hydrogen-bond acceptors (Lipinski definition) is 2. The highest BCUT2D eigenvalue weighted by Crippen LogP contribution is 1.74. The summed E-state index contributed by atoms with van der Waals surface area (Å²) in [5.41, 5.74) is 0. The third-order valence-corrected chi connectivity index (χ3v) is 1.00. The van der Waals surface area contributed by atoms with Crippen LogP contribution in [0.5, 0.6) is 0 Å². The maximum atomic E-state index is 9.29. The first-order valence-corrected chi connectivity index (χ1v) is 2.71. The molecular formula is H2BO2PS-. The SMILES string of the molecule is O=S([O-])[B]P. The molecule has 0 saturated heterocycles. The van der Waals surface area contributed by atoms with Crippen molar-refractivity contribution in [3.05, 3.63) is 0 Å². The Morgan fingerprint density at radius 1 is 2.00 bits per heavy atom. The van der Waals surface area contributed by atoms with Crippen molar-refractivity contribution in [2.45, 2.75) is 0 Å². The van der Waals surface area contributed by atoms with Crippen LogP contribution in [0.4, 0.5) is 0 Å². The fourth-order valence-electron chi connectivity index (χ4n) is 0. The third-order valence-electron chi connectivity index (χ3n) is 0.111. The predicted octanol–water partition coefficient (Wildman–Crippen LogP) is -0.725. The van der Waals surface area contributed by atoms with Gasteiger partial charge in [-0.15, -0.1) is 10.9 Å². The summed E-state index contributed by atoms with van der Waals surface area (Å²) in [4.78, 5) is 0. The molecule has 0 aromatic heterocycles. The van der Waals surface area contributed by atoms with E-state index < -0.39 is 10.9 Å². The molecule has 0 aliphatic heterocycles. The maximum absolute atomic E-state index is 9.29. The minimum atomic E-state index is -1.98. The monoisotopic (exact) mass is 108 g/mol. The highest BCUT2D eigenvalue weighted by Gasteiger charge is 1.68. The molecule has 2 nitrogen and oxygen atoms in total. The topological polar surface area (TPSA) is 40.1 Å². The fraction of sp³-hybridized carbons (Fsp3) is 0. The van der Waals surface area contributed by atoms with Gasteiger partial charge >= 0.3 is 0 Å². The minimum absolute atomic E-state index is 1.00. The summed E-state index contributed by atoms with van der Waals surface area (Å²) in [6.07, 6.45) is 1.00. The lowest BCUT2D eigenvalue weighted by atomic mass is 10.7. The van der Waals surface area contributed by atoms with Crippen LogP contribution in [0.3, 0.4) is 0 Å². The van der Waals surface area contributed by atoms with Gasteiger partial charge in [0.05, 0.1) is 0 Å². The van der Waals surface area contributed by atoms with E-state index in [1.54, 1.807) is 0 Å². The molecule has 5 heavy (non-hydrogen) atoms. The summed E-state index contributed by atoms with van der Waals surface area (Å²) in [6.45, 7) is 0. The van der Waals surface area contributed by atoms with Crippen LogP contribution < -0.4 is 0 Å². The summed E-state index contributed by atoms with van der Waals surface area (Å²) >= 11 is 0. The van der Waals surface area contributed by atoms with Crippen LogP contribution in [0, 0.1) is 0 Å². The largest absolute Gasteiger partial charge is 0.782 e. The summed E-state index contributed by atoms with van der Waals surface area (Å²) in [6, 6.07) is 0. The molecule has 0 bridgehead atoms. The van der Waals surface area contributed by atoms with Crippen molar-refractivity contribution in [3.8, 4) is 0 Å². The lowest BCUT2D eigenvalue weighted by Crippen LogP contribution is -1.87. The molecule has 0 aliphatic rings. The lowest BCUT2D eigenvalue weighted by Gasteiger charge is -1.92. The number of rotatable bonds is 1. The average Bonchev–Trinajstić information content (AvgIpc) is 1.38. The zero-order valence-electron chi connectivity index (χ0n) is 2.38. The van der Waals surface area contributed by atoms with Gasteiger partial charge in [-0.25, -0.2) is 0 Å². The molecular weight excluding hydrogens is 106 g/mol. The lowest BCUT2D eigenvalue weighted by molar-refractivity contribution is 0.552. The van der Waals surface area contributed by atoms with E-state index in [-0.39, 0.29) is 0 Å². The number of hydrogen-bond donors (Lipinski definition) is 0. The maximum Gasteiger partial charge on any atom is 0.244 e. The van der Waals surface area contributed by atoms with Crippen LogP contribution in [-0.4, -0.2) is 15.0 Å². The molecule has 0 spiro atoms. The van der Waals surface area contributed by atoms with Crippen LogP contribution in [-0.2, 0) is 10.9 Å². The molecule has 0 aromatic carbocycles. The standard InChI is InChI=1S/BH3O2PS/c2-5(3)1-4/h4H2,(H,2,3)/p-1. The van der Waals surface area contributed by atoms with Gasteiger partial charge in [0.25, 0.3) is 0 Å². The van der Waals surface area contributed by atoms with Crippen LogP contribution in [0.2, 0.25) is 0 Å². The second-order valence-electron chi connectivity index (χ2n) is 0.397. The van der Waals surface area contributed by atoms with E-state index in [0.717, 1.165) is 6.28 Å². The molecule has 0 saturated carbocycles. The smallest absolute Gasteiger partial charge is 0.244 e. The van der Waals surface area contributed by atoms with Crippen molar-refractivity contribution in [3.63, 3.8) is 0 Å². The first-order chi connectivity index (χ1) is 2.27. The van der Waals surface area contributed by atoms with E-state index in [4.69, 9.17) is 0 Å². The summed E-state index contributed by atoms with van der Waals surface area (Å²) in [5.74, 6) is 0. The molecule has 0 rings (SSSR count). The van der Waals surface area contributed by atoms with E-state index in [1.165, 1.54) is 0 Å². The first kappa shape index (κ1) is 5.60. The van der Waals surface area contributed by atoms with E-state index in [2.05, 4.69) is 0 Å². The Morgan fingerprint density at radius 2 is 2.20 bits per heavy atom. The Bertz CT molecular complexity index is 44.9. The van der Waals surface area contributed by atoms with E-state index in [1.807, 2.05) is 9.12 Å². The molecule has 0 aromatic rings. The van der Waals surface area contributed by atoms with Gasteiger partial charge in [0.2, 0.25) is 6.28 Å². The van der Waals surface area contributed by atoms with E-state index in [9.17, 15) is 8.76 Å². The van der Waals surface area contributed by atoms with Gasteiger partial charge in [-0.3, -0.25) is 4.21 Å². The molecule has 2 atom stereocenters. The fourth-order valence-corrected chi connectivity index (χ4v) is 0. The molecule has 29 valence electrons. The predicted molar refractivity (Wildman–Crippen MR) is 24.4 cm³/mol. The normalized spacial score (nSPS) is 14.0. The van der Waals surface area contributed by atoms with Gasteiger partial charge in [0.1, 0.15) is 0 Å². The van der Waals surface area contributed by atoms with E-state index >= 15 is 0 Å². The van der Waals surface area contributed by atoms with Crippen LogP contribution in [0.25, 0.3) is 0 Å². The third kappa shape index (κ3) is 4.60. The van der Waals surface area contributed by atoms with Crippen molar-refractivity contribution in [1.82, 2.24) is 0 Å². The molecule has 5 heteroatoms. The van der Waals surface area contributed by atoms with Gasteiger partial charge in [-0.2, -0.15) is 9.12 Å². The van der Waals surface area contributed by atoms with Crippen molar-refractivity contribution >= 4 is 26.3 Å². The Hall–Kier alpha value is 0.605. The van der Waals surface area contributed by atoms with Gasteiger partial charge < -0.3 is 4.55 Å². The molecule has 0 heterocycles. The molecule has 0 N–H and O–H groups in total. The second-order valence-corrected chi connectivity index (χ2v) is 2.01. The summed E-state index contributed by atoms with van der Waals surface area (Å²) in [7, 11) is -0.0278. The Balaban J connectivity index is 2.85. The Kier molecular flexibility index (Phi) is 3.16. The van der Waals surface area contributed by atoms with Crippen molar-refractivity contribution in [2.24, 2.45) is 0 Å². The molecule has 0 amide bonds. The molecule has 0 fully saturated rings. The Morgan fingerprint density at radius 3 is 2.20 bits per heavy atom. The van der Waals surface area contributed by atoms with Gasteiger partial charge in [-0.1, -0.05) is 0 Å².